The van der Waals surface area contributed by atoms with Crippen molar-refractivity contribution in [3.63, 3.8) is 0 Å². The fraction of sp³-hybridized carbons (Fsp3) is 0.364. The summed E-state index contributed by atoms with van der Waals surface area (Å²) in [5.41, 5.74) is 4.49. The van der Waals surface area contributed by atoms with Crippen molar-refractivity contribution in [3.05, 3.63) is 39.9 Å². The maximum atomic E-state index is 11.8. The molecule has 2 rings (SSSR count). The number of aliphatic hydroxyl groups excluding tert-OH is 1. The molecule has 0 aromatic heterocycles. The molecule has 1 fully saturated rings. The van der Waals surface area contributed by atoms with Crippen LogP contribution in [0.4, 0.5) is 5.69 Å². The van der Waals surface area contributed by atoms with E-state index >= 15 is 0 Å². The zero-order valence-corrected chi connectivity index (χ0v) is 11.5. The van der Waals surface area contributed by atoms with Crippen molar-refractivity contribution in [2.45, 2.75) is 12.1 Å². The number of aliphatic hydroxyl groups is 1. The van der Waals surface area contributed by atoms with Crippen LogP contribution in [0.2, 0.25) is 0 Å². The van der Waals surface area contributed by atoms with Gasteiger partial charge in [0.2, 0.25) is 0 Å². The molecule has 1 aliphatic heterocycles. The number of rotatable bonds is 4. The predicted octanol–water partition coefficient (Wildman–Crippen LogP) is -1.01. The number of nitro groups is 1. The van der Waals surface area contributed by atoms with Gasteiger partial charge in [-0.25, -0.2) is 13.8 Å². The summed E-state index contributed by atoms with van der Waals surface area (Å²) in [6, 6.07) is 4.28. The van der Waals surface area contributed by atoms with Crippen molar-refractivity contribution in [3.8, 4) is 0 Å². The van der Waals surface area contributed by atoms with E-state index in [1.807, 2.05) is 0 Å². The zero-order chi connectivity index (χ0) is 15.6. The fourth-order valence-electron chi connectivity index (χ4n) is 1.96. The van der Waals surface area contributed by atoms with Crippen molar-refractivity contribution in [1.29, 1.82) is 0 Å². The van der Waals surface area contributed by atoms with Crippen molar-refractivity contribution < 1.29 is 23.2 Å². The smallest absolute Gasteiger partial charge is 0.270 e. The Morgan fingerprint density at radius 3 is 2.67 bits per heavy atom. The van der Waals surface area contributed by atoms with Crippen molar-refractivity contribution in [2.75, 3.05) is 11.5 Å². The lowest BCUT2D eigenvalue weighted by atomic mass is 10.2. The molecule has 1 amide bonds. The number of hydrazine groups is 1. The first-order valence-electron chi connectivity index (χ1n) is 5.97. The summed E-state index contributed by atoms with van der Waals surface area (Å²) in [6.45, 7) is 0. The molecule has 1 aromatic rings. The fourth-order valence-corrected chi connectivity index (χ4v) is 3.70. The second-order valence-electron chi connectivity index (χ2n) is 4.66. The second-order valence-corrected chi connectivity index (χ2v) is 6.81. The summed E-state index contributed by atoms with van der Waals surface area (Å²) in [5.74, 6) is -1.31. The summed E-state index contributed by atoms with van der Waals surface area (Å²) in [5, 5.41) is 20.2. The van der Waals surface area contributed by atoms with E-state index in [2.05, 4.69) is 10.9 Å². The molecule has 1 saturated heterocycles. The third-order valence-electron chi connectivity index (χ3n) is 3.01. The van der Waals surface area contributed by atoms with E-state index in [9.17, 15) is 28.4 Å². The number of hydrogen-bond donors (Lipinski definition) is 3. The molecule has 0 unspecified atom stereocenters. The van der Waals surface area contributed by atoms with Gasteiger partial charge in [-0.1, -0.05) is 6.07 Å². The van der Waals surface area contributed by atoms with Crippen molar-refractivity contribution >= 4 is 21.4 Å². The van der Waals surface area contributed by atoms with Gasteiger partial charge in [0, 0.05) is 17.7 Å². The number of hydrogen-bond acceptors (Lipinski definition) is 7. The molecule has 1 aliphatic rings. The molecule has 21 heavy (non-hydrogen) atoms. The number of benzene rings is 1. The van der Waals surface area contributed by atoms with Gasteiger partial charge >= 0.3 is 0 Å². The Morgan fingerprint density at radius 2 is 2.10 bits per heavy atom. The number of nitrogens with one attached hydrogen (secondary N) is 2. The van der Waals surface area contributed by atoms with Crippen LogP contribution in [0.25, 0.3) is 0 Å². The lowest BCUT2D eigenvalue weighted by molar-refractivity contribution is -0.384. The van der Waals surface area contributed by atoms with Gasteiger partial charge in [0.05, 0.1) is 28.6 Å². The average molecular weight is 315 g/mol. The average Bonchev–Trinajstić information content (AvgIpc) is 2.68. The number of amides is 1. The number of nitro benzene ring substituents is 1. The number of sulfone groups is 1. The molecule has 0 aliphatic carbocycles. The normalized spacial score (nSPS) is 23.7. The Kier molecular flexibility index (Phi) is 4.21. The molecule has 0 saturated carbocycles. The van der Waals surface area contributed by atoms with Crippen molar-refractivity contribution in [2.24, 2.45) is 0 Å². The van der Waals surface area contributed by atoms with E-state index in [0.717, 1.165) is 6.07 Å². The van der Waals surface area contributed by atoms with Crippen LogP contribution < -0.4 is 10.9 Å². The topological polar surface area (TPSA) is 139 Å². The summed E-state index contributed by atoms with van der Waals surface area (Å²) in [4.78, 5) is 21.8. The quantitative estimate of drug-likeness (QED) is 0.478. The van der Waals surface area contributed by atoms with Crippen LogP contribution in [0.3, 0.4) is 0 Å². The number of carbonyl (C=O) groups excluding carboxylic acids is 1. The first kappa shape index (κ1) is 15.4. The SMILES string of the molecule is O=C(NN[C@@H]1CS(=O)(=O)C[C@@H]1O)c1cccc([N+](=O)[O-])c1. The largest absolute Gasteiger partial charge is 0.390 e. The second kappa shape index (κ2) is 5.76. The Morgan fingerprint density at radius 1 is 1.38 bits per heavy atom. The maximum Gasteiger partial charge on any atom is 0.270 e. The van der Waals surface area contributed by atoms with E-state index in [4.69, 9.17) is 0 Å². The van der Waals surface area contributed by atoms with E-state index in [-0.39, 0.29) is 22.8 Å². The van der Waals surface area contributed by atoms with Crippen LogP contribution in [0.1, 0.15) is 10.4 Å². The highest BCUT2D eigenvalue weighted by Gasteiger charge is 2.36. The van der Waals surface area contributed by atoms with Gasteiger partial charge in [-0.15, -0.1) is 0 Å². The van der Waals surface area contributed by atoms with Gasteiger partial charge in [-0.2, -0.15) is 0 Å². The standard InChI is InChI=1S/C11H13N3O6S/c15-10-6-21(19,20)5-9(10)12-13-11(16)7-2-1-3-8(4-7)14(17)18/h1-4,9-10,12,15H,5-6H2,(H,13,16)/t9-,10+/m1/s1. The highest BCUT2D eigenvalue weighted by molar-refractivity contribution is 7.91. The molecule has 1 heterocycles. The molecule has 0 spiro atoms. The highest BCUT2D eigenvalue weighted by atomic mass is 32.2. The van der Waals surface area contributed by atoms with Crippen LogP contribution >= 0.6 is 0 Å². The molecular weight excluding hydrogens is 302 g/mol. The van der Waals surface area contributed by atoms with E-state index in [0.29, 0.717) is 0 Å². The Bertz CT molecular complexity index is 674. The molecule has 3 N–H and O–H groups in total. The molecule has 0 bridgehead atoms. The molecule has 114 valence electrons. The molecule has 0 radical (unpaired) electrons. The maximum absolute atomic E-state index is 11.8. The summed E-state index contributed by atoms with van der Waals surface area (Å²) >= 11 is 0. The van der Waals surface area contributed by atoms with E-state index in [1.54, 1.807) is 0 Å². The number of carbonyl (C=O) groups is 1. The summed E-state index contributed by atoms with van der Waals surface area (Å²) in [6.07, 6.45) is -1.11. The minimum Gasteiger partial charge on any atom is -0.390 e. The Balaban J connectivity index is 1.99. The first-order chi connectivity index (χ1) is 9.78. The van der Waals surface area contributed by atoms with E-state index in [1.165, 1.54) is 18.2 Å². The zero-order valence-electron chi connectivity index (χ0n) is 10.7. The van der Waals surface area contributed by atoms with Crippen LogP contribution in [0.15, 0.2) is 24.3 Å². The highest BCUT2D eigenvalue weighted by Crippen LogP contribution is 2.14. The summed E-state index contributed by atoms with van der Waals surface area (Å²) < 4.78 is 22.6. The Labute approximate surface area is 120 Å². The van der Waals surface area contributed by atoms with Crippen molar-refractivity contribution in [1.82, 2.24) is 10.9 Å². The van der Waals surface area contributed by atoms with Gasteiger partial charge in [-0.05, 0) is 6.07 Å². The van der Waals surface area contributed by atoms with E-state index < -0.39 is 32.8 Å². The minimum absolute atomic E-state index is 0.0482. The molecule has 1 aromatic carbocycles. The lowest BCUT2D eigenvalue weighted by Crippen LogP contribution is -2.49. The molecule has 10 heteroatoms. The predicted molar refractivity (Wildman–Crippen MR) is 72.1 cm³/mol. The van der Waals surface area contributed by atoms with Gasteiger partial charge in [0.25, 0.3) is 11.6 Å². The number of nitrogens with zero attached hydrogens (tertiary/aromatic N) is 1. The lowest BCUT2D eigenvalue weighted by Gasteiger charge is -2.15. The van der Waals surface area contributed by atoms with Gasteiger partial charge < -0.3 is 5.11 Å². The van der Waals surface area contributed by atoms with Crippen LogP contribution in [-0.2, 0) is 9.84 Å². The van der Waals surface area contributed by atoms with Gasteiger partial charge in [0.15, 0.2) is 9.84 Å². The van der Waals surface area contributed by atoms with Crippen LogP contribution in [0, 0.1) is 10.1 Å². The first-order valence-corrected chi connectivity index (χ1v) is 7.79. The minimum atomic E-state index is -3.33. The summed E-state index contributed by atoms with van der Waals surface area (Å²) in [7, 11) is -3.33. The van der Waals surface area contributed by atoms with Crippen LogP contribution in [-0.4, -0.2) is 48.0 Å². The molecule has 9 nitrogen and oxygen atoms in total. The third-order valence-corrected chi connectivity index (χ3v) is 4.73. The van der Waals surface area contributed by atoms with Gasteiger partial charge in [-0.3, -0.25) is 20.3 Å². The monoisotopic (exact) mass is 315 g/mol. The number of non-ortho nitro benzene ring substituents is 1. The van der Waals surface area contributed by atoms with Gasteiger partial charge in [0.1, 0.15) is 0 Å². The Hall–Kier alpha value is -2.04. The third kappa shape index (κ3) is 3.74. The molecule has 2 atom stereocenters. The molecular formula is C11H13N3O6S. The van der Waals surface area contributed by atoms with Crippen LogP contribution in [0.5, 0.6) is 0 Å².